The fourth-order valence-corrected chi connectivity index (χ4v) is 1.85. The van der Waals surface area contributed by atoms with E-state index < -0.39 is 0 Å². The van der Waals surface area contributed by atoms with E-state index in [1.807, 2.05) is 44.3 Å². The highest BCUT2D eigenvalue weighted by molar-refractivity contribution is 5.94. The Labute approximate surface area is 109 Å². The summed E-state index contributed by atoms with van der Waals surface area (Å²) in [5.74, 6) is -0.0156. The number of rotatable bonds is 4. The van der Waals surface area contributed by atoms with Gasteiger partial charge in [0.2, 0.25) is 5.91 Å². The quantitative estimate of drug-likeness (QED) is 0.771. The first-order valence-electron chi connectivity index (χ1n) is 6.02. The van der Waals surface area contributed by atoms with Crippen molar-refractivity contribution in [2.24, 2.45) is 4.99 Å². The maximum atomic E-state index is 12.0. The molecule has 0 saturated carbocycles. The third kappa shape index (κ3) is 4.20. The first-order chi connectivity index (χ1) is 8.56. The Balaban J connectivity index is 2.57. The smallest absolute Gasteiger partial charge is 0.249 e. The van der Waals surface area contributed by atoms with Gasteiger partial charge in [-0.25, -0.2) is 0 Å². The van der Waals surface area contributed by atoms with Crippen molar-refractivity contribution in [2.45, 2.75) is 20.3 Å². The lowest BCUT2D eigenvalue weighted by atomic mass is 10.0. The predicted molar refractivity (Wildman–Crippen MR) is 75.4 cm³/mol. The van der Waals surface area contributed by atoms with Crippen LogP contribution in [-0.2, 0) is 4.79 Å². The summed E-state index contributed by atoms with van der Waals surface area (Å²) < 4.78 is 0. The summed E-state index contributed by atoms with van der Waals surface area (Å²) in [5.41, 5.74) is 2.98. The van der Waals surface area contributed by atoms with Crippen molar-refractivity contribution in [1.29, 1.82) is 0 Å². The highest BCUT2D eigenvalue weighted by Gasteiger charge is 2.14. The molecule has 4 nitrogen and oxygen atoms in total. The molecule has 0 saturated heterocycles. The van der Waals surface area contributed by atoms with Crippen LogP contribution in [0.1, 0.15) is 20.3 Å². The van der Waals surface area contributed by atoms with Gasteiger partial charge in [0.05, 0.1) is 0 Å². The highest BCUT2D eigenvalue weighted by Crippen LogP contribution is 2.17. The maximum Gasteiger partial charge on any atom is 0.249 e. The van der Waals surface area contributed by atoms with Crippen molar-refractivity contribution in [3.05, 3.63) is 35.2 Å². The molecule has 0 radical (unpaired) electrons. The summed E-state index contributed by atoms with van der Waals surface area (Å²) >= 11 is 0. The summed E-state index contributed by atoms with van der Waals surface area (Å²) in [5, 5.41) is 2.91. The van der Waals surface area contributed by atoms with Gasteiger partial charge in [0.25, 0.3) is 0 Å². The molecule has 1 heterocycles. The zero-order chi connectivity index (χ0) is 13.5. The van der Waals surface area contributed by atoms with Crippen LogP contribution in [0.25, 0.3) is 0 Å². The van der Waals surface area contributed by atoms with Crippen LogP contribution in [0.5, 0.6) is 0 Å². The Bertz CT molecular complexity index is 430. The summed E-state index contributed by atoms with van der Waals surface area (Å²) in [7, 11) is 3.65. The summed E-state index contributed by atoms with van der Waals surface area (Å²) in [4.78, 5) is 17.9. The molecule has 0 aromatic carbocycles. The third-order valence-electron chi connectivity index (χ3n) is 2.66. The molecule has 4 heteroatoms. The Hall–Kier alpha value is -1.84. The van der Waals surface area contributed by atoms with E-state index in [-0.39, 0.29) is 5.91 Å². The van der Waals surface area contributed by atoms with Crippen LogP contribution in [0.3, 0.4) is 0 Å². The number of carbonyl (C=O) groups is 1. The molecular formula is C14H21N3O. The average Bonchev–Trinajstić information content (AvgIpc) is 2.32. The Morgan fingerprint density at radius 1 is 1.56 bits per heavy atom. The van der Waals surface area contributed by atoms with E-state index in [2.05, 4.69) is 10.3 Å². The van der Waals surface area contributed by atoms with Crippen molar-refractivity contribution in [3.8, 4) is 0 Å². The summed E-state index contributed by atoms with van der Waals surface area (Å²) in [6.07, 6.45) is 8.30. The van der Waals surface area contributed by atoms with Crippen molar-refractivity contribution in [1.82, 2.24) is 10.2 Å². The molecule has 0 fully saturated rings. The number of nitrogens with zero attached hydrogens (tertiary/aromatic N) is 2. The fraction of sp³-hybridized carbons (Fsp3) is 0.429. The summed E-state index contributed by atoms with van der Waals surface area (Å²) in [6.45, 7) is 4.47. The zero-order valence-electron chi connectivity index (χ0n) is 11.5. The van der Waals surface area contributed by atoms with E-state index in [9.17, 15) is 4.79 Å². The second-order valence-electron chi connectivity index (χ2n) is 4.41. The lowest BCUT2D eigenvalue weighted by Gasteiger charge is -2.19. The minimum absolute atomic E-state index is 0.0156. The molecular weight excluding hydrogens is 226 g/mol. The third-order valence-corrected chi connectivity index (χ3v) is 2.66. The van der Waals surface area contributed by atoms with Crippen LogP contribution in [0.4, 0.5) is 0 Å². The van der Waals surface area contributed by atoms with Gasteiger partial charge in [0, 0.05) is 51.2 Å². The number of hydrogen-bond acceptors (Lipinski definition) is 3. The first-order valence-corrected chi connectivity index (χ1v) is 6.02. The van der Waals surface area contributed by atoms with E-state index in [0.717, 1.165) is 11.1 Å². The number of carbonyl (C=O) groups excluding carboxylic acids is 1. The lowest BCUT2D eigenvalue weighted by Crippen LogP contribution is -2.29. The molecule has 0 bridgehead atoms. The van der Waals surface area contributed by atoms with Crippen molar-refractivity contribution < 1.29 is 4.79 Å². The molecule has 1 N–H and O–H groups in total. The minimum atomic E-state index is -0.0156. The number of allylic oxidation sites excluding steroid dienone is 2. The normalized spacial score (nSPS) is 16.7. The topological polar surface area (TPSA) is 44.7 Å². The van der Waals surface area contributed by atoms with Crippen LogP contribution in [0, 0.1) is 0 Å². The van der Waals surface area contributed by atoms with Crippen LogP contribution in [0.2, 0.25) is 0 Å². The standard InChI is InChI=1S/C14H21N3O/c1-5-12(7-15-3)8-16-14(18)13-6-11(2)9-17(4)10-13/h5,7,9-10H,6,8H2,1-4H3,(H,16,18)/b12-5+,15-7?. The van der Waals surface area contributed by atoms with Gasteiger partial charge in [-0.1, -0.05) is 11.6 Å². The number of aliphatic imine (C=N–C) groups is 1. The zero-order valence-corrected chi connectivity index (χ0v) is 11.5. The van der Waals surface area contributed by atoms with Gasteiger partial charge in [0.1, 0.15) is 0 Å². The second kappa shape index (κ2) is 6.79. The minimum Gasteiger partial charge on any atom is -0.357 e. The first kappa shape index (κ1) is 14.2. The van der Waals surface area contributed by atoms with Crippen LogP contribution < -0.4 is 5.32 Å². The van der Waals surface area contributed by atoms with E-state index >= 15 is 0 Å². The Morgan fingerprint density at radius 3 is 2.83 bits per heavy atom. The molecule has 0 aliphatic carbocycles. The van der Waals surface area contributed by atoms with E-state index in [0.29, 0.717) is 13.0 Å². The van der Waals surface area contributed by atoms with Crippen LogP contribution >= 0.6 is 0 Å². The molecule has 1 aliphatic heterocycles. The number of nitrogens with one attached hydrogen (secondary N) is 1. The highest BCUT2D eigenvalue weighted by atomic mass is 16.1. The molecule has 1 rings (SSSR count). The second-order valence-corrected chi connectivity index (χ2v) is 4.41. The SMILES string of the molecule is C/C=C(\C=NC)CNC(=O)C1=CN(C)C=C(C)C1. The molecule has 0 aromatic rings. The largest absolute Gasteiger partial charge is 0.357 e. The van der Waals surface area contributed by atoms with Crippen molar-refractivity contribution >= 4 is 12.1 Å². The van der Waals surface area contributed by atoms with Gasteiger partial charge in [-0.15, -0.1) is 0 Å². The van der Waals surface area contributed by atoms with Crippen LogP contribution in [-0.4, -0.2) is 37.7 Å². The molecule has 1 aliphatic rings. The lowest BCUT2D eigenvalue weighted by molar-refractivity contribution is -0.117. The number of amides is 1. The molecule has 0 atom stereocenters. The maximum absolute atomic E-state index is 12.0. The number of hydrogen-bond donors (Lipinski definition) is 1. The van der Waals surface area contributed by atoms with Gasteiger partial charge >= 0.3 is 0 Å². The molecule has 0 aromatic heterocycles. The fourth-order valence-electron chi connectivity index (χ4n) is 1.85. The summed E-state index contributed by atoms with van der Waals surface area (Å²) in [6, 6.07) is 0. The molecule has 98 valence electrons. The van der Waals surface area contributed by atoms with Gasteiger partial charge in [0.15, 0.2) is 0 Å². The monoisotopic (exact) mass is 247 g/mol. The van der Waals surface area contributed by atoms with E-state index in [4.69, 9.17) is 0 Å². The van der Waals surface area contributed by atoms with Crippen LogP contribution in [0.15, 0.2) is 40.2 Å². The molecule has 1 amide bonds. The molecule has 18 heavy (non-hydrogen) atoms. The molecule has 0 unspecified atom stereocenters. The van der Waals surface area contributed by atoms with Crippen molar-refractivity contribution in [2.75, 3.05) is 20.6 Å². The van der Waals surface area contributed by atoms with E-state index in [1.54, 1.807) is 13.3 Å². The molecule has 0 spiro atoms. The van der Waals surface area contributed by atoms with E-state index in [1.165, 1.54) is 5.57 Å². The van der Waals surface area contributed by atoms with Gasteiger partial charge in [-0.2, -0.15) is 0 Å². The van der Waals surface area contributed by atoms with Gasteiger partial charge < -0.3 is 10.2 Å². The average molecular weight is 247 g/mol. The van der Waals surface area contributed by atoms with Gasteiger partial charge in [-0.3, -0.25) is 9.79 Å². The van der Waals surface area contributed by atoms with Gasteiger partial charge in [-0.05, 0) is 19.4 Å². The van der Waals surface area contributed by atoms with Crippen molar-refractivity contribution in [3.63, 3.8) is 0 Å². The Kier molecular flexibility index (Phi) is 5.36. The Morgan fingerprint density at radius 2 is 2.28 bits per heavy atom. The predicted octanol–water partition coefficient (Wildman–Crippen LogP) is 1.87.